The standard InChI is InChI=1S/C11H13N5O2/c1-2-18-10-5-3-9(4-6-10)13-11(17)7-16-8-12-14-15-16/h3-6,8H,2,7H2,1H3,(H,13,17). The largest absolute Gasteiger partial charge is 0.494 e. The summed E-state index contributed by atoms with van der Waals surface area (Å²) < 4.78 is 6.66. The number of benzene rings is 1. The van der Waals surface area contributed by atoms with Crippen LogP contribution in [0.2, 0.25) is 0 Å². The van der Waals surface area contributed by atoms with Crippen molar-refractivity contribution in [2.24, 2.45) is 0 Å². The fourth-order valence-corrected chi connectivity index (χ4v) is 1.40. The van der Waals surface area contributed by atoms with Crippen molar-refractivity contribution in [3.8, 4) is 5.75 Å². The number of carbonyl (C=O) groups excluding carboxylic acids is 1. The van der Waals surface area contributed by atoms with E-state index in [1.54, 1.807) is 24.3 Å². The molecule has 7 heteroatoms. The van der Waals surface area contributed by atoms with Crippen molar-refractivity contribution in [1.82, 2.24) is 20.2 Å². The third-order valence-electron chi connectivity index (χ3n) is 2.15. The van der Waals surface area contributed by atoms with Crippen LogP contribution >= 0.6 is 0 Å². The van der Waals surface area contributed by atoms with E-state index in [1.165, 1.54) is 11.0 Å². The molecule has 7 nitrogen and oxygen atoms in total. The molecule has 0 radical (unpaired) electrons. The molecule has 1 heterocycles. The van der Waals surface area contributed by atoms with Crippen LogP contribution in [-0.4, -0.2) is 32.7 Å². The van der Waals surface area contributed by atoms with Crippen LogP contribution in [-0.2, 0) is 11.3 Å². The third kappa shape index (κ3) is 3.27. The number of nitrogens with zero attached hydrogens (tertiary/aromatic N) is 4. The van der Waals surface area contributed by atoms with E-state index in [4.69, 9.17) is 4.74 Å². The van der Waals surface area contributed by atoms with E-state index in [2.05, 4.69) is 20.8 Å². The van der Waals surface area contributed by atoms with Crippen LogP contribution in [0.5, 0.6) is 5.75 Å². The highest BCUT2D eigenvalue weighted by Gasteiger charge is 2.04. The quantitative estimate of drug-likeness (QED) is 0.841. The third-order valence-corrected chi connectivity index (χ3v) is 2.15. The maximum absolute atomic E-state index is 11.6. The molecule has 2 rings (SSSR count). The second kappa shape index (κ2) is 5.76. The molecule has 1 amide bonds. The van der Waals surface area contributed by atoms with Crippen LogP contribution in [0.3, 0.4) is 0 Å². The number of carbonyl (C=O) groups is 1. The van der Waals surface area contributed by atoms with Crippen LogP contribution in [0.15, 0.2) is 30.6 Å². The Hall–Kier alpha value is -2.44. The Bertz CT molecular complexity index is 495. The summed E-state index contributed by atoms with van der Waals surface area (Å²) in [5.74, 6) is 0.586. The highest BCUT2D eigenvalue weighted by atomic mass is 16.5. The van der Waals surface area contributed by atoms with E-state index < -0.39 is 0 Å². The second-order valence-electron chi connectivity index (χ2n) is 3.51. The van der Waals surface area contributed by atoms with Gasteiger partial charge in [-0.15, -0.1) is 5.10 Å². The Kier molecular flexibility index (Phi) is 3.85. The minimum Gasteiger partial charge on any atom is -0.494 e. The number of rotatable bonds is 5. The molecule has 0 fully saturated rings. The number of amides is 1. The minimum atomic E-state index is -0.188. The summed E-state index contributed by atoms with van der Waals surface area (Å²) in [5.41, 5.74) is 0.705. The first kappa shape index (κ1) is 12.0. The molecule has 1 N–H and O–H groups in total. The summed E-state index contributed by atoms with van der Waals surface area (Å²) in [4.78, 5) is 11.6. The fourth-order valence-electron chi connectivity index (χ4n) is 1.40. The molecule has 0 spiro atoms. The maximum atomic E-state index is 11.6. The average molecular weight is 247 g/mol. The molecule has 1 aromatic carbocycles. The monoisotopic (exact) mass is 247 g/mol. The number of ether oxygens (including phenoxy) is 1. The molecule has 0 aliphatic heterocycles. The molecule has 0 saturated heterocycles. The summed E-state index contributed by atoms with van der Waals surface area (Å²) in [6.07, 6.45) is 1.39. The Labute approximate surface area is 104 Å². The molecule has 1 aromatic heterocycles. The van der Waals surface area contributed by atoms with Crippen LogP contribution in [0.25, 0.3) is 0 Å². The predicted molar refractivity (Wildman–Crippen MR) is 64.1 cm³/mol. The van der Waals surface area contributed by atoms with Gasteiger partial charge in [-0.05, 0) is 41.6 Å². The van der Waals surface area contributed by atoms with Gasteiger partial charge in [-0.1, -0.05) is 0 Å². The normalized spacial score (nSPS) is 10.1. The van der Waals surface area contributed by atoms with Crippen molar-refractivity contribution in [3.63, 3.8) is 0 Å². The molecule has 0 saturated carbocycles. The lowest BCUT2D eigenvalue weighted by Crippen LogP contribution is -2.19. The van der Waals surface area contributed by atoms with Gasteiger partial charge in [-0.25, -0.2) is 4.68 Å². The lowest BCUT2D eigenvalue weighted by molar-refractivity contribution is -0.116. The van der Waals surface area contributed by atoms with Crippen molar-refractivity contribution < 1.29 is 9.53 Å². The Morgan fingerprint density at radius 1 is 1.39 bits per heavy atom. The zero-order valence-corrected chi connectivity index (χ0v) is 9.91. The molecule has 0 atom stereocenters. The first-order valence-corrected chi connectivity index (χ1v) is 5.51. The Balaban J connectivity index is 1.90. The molecule has 0 aliphatic carbocycles. The van der Waals surface area contributed by atoms with Gasteiger partial charge in [-0.3, -0.25) is 4.79 Å². The average Bonchev–Trinajstić information content (AvgIpc) is 2.84. The van der Waals surface area contributed by atoms with Crippen LogP contribution in [0, 0.1) is 0 Å². The van der Waals surface area contributed by atoms with Crippen molar-refractivity contribution in [3.05, 3.63) is 30.6 Å². The van der Waals surface area contributed by atoms with Gasteiger partial charge in [0.1, 0.15) is 18.6 Å². The van der Waals surface area contributed by atoms with Crippen molar-refractivity contribution in [2.75, 3.05) is 11.9 Å². The predicted octanol–water partition coefficient (Wildman–Crippen LogP) is 0.710. The van der Waals surface area contributed by atoms with Gasteiger partial charge in [0.25, 0.3) is 0 Å². The van der Waals surface area contributed by atoms with Gasteiger partial charge in [0.05, 0.1) is 6.61 Å². The molecular weight excluding hydrogens is 234 g/mol. The van der Waals surface area contributed by atoms with Gasteiger partial charge in [0.2, 0.25) is 5.91 Å². The van der Waals surface area contributed by atoms with Crippen molar-refractivity contribution >= 4 is 11.6 Å². The second-order valence-corrected chi connectivity index (χ2v) is 3.51. The molecule has 94 valence electrons. The zero-order valence-electron chi connectivity index (χ0n) is 9.91. The SMILES string of the molecule is CCOc1ccc(NC(=O)Cn2cnnn2)cc1. The lowest BCUT2D eigenvalue weighted by Gasteiger charge is -2.06. The number of hydrogen-bond donors (Lipinski definition) is 1. The number of aromatic nitrogens is 4. The van der Waals surface area contributed by atoms with Gasteiger partial charge in [-0.2, -0.15) is 0 Å². The van der Waals surface area contributed by atoms with E-state index in [0.717, 1.165) is 5.75 Å². The molecule has 2 aromatic rings. The van der Waals surface area contributed by atoms with E-state index in [9.17, 15) is 4.79 Å². The van der Waals surface area contributed by atoms with Gasteiger partial charge >= 0.3 is 0 Å². The first-order chi connectivity index (χ1) is 8.78. The molecular formula is C11H13N5O2. The molecule has 0 bridgehead atoms. The summed E-state index contributed by atoms with van der Waals surface area (Å²) >= 11 is 0. The molecule has 0 unspecified atom stereocenters. The van der Waals surface area contributed by atoms with Gasteiger partial charge < -0.3 is 10.1 Å². The van der Waals surface area contributed by atoms with Crippen LogP contribution < -0.4 is 10.1 Å². The van der Waals surface area contributed by atoms with Crippen molar-refractivity contribution in [2.45, 2.75) is 13.5 Å². The fraction of sp³-hybridized carbons (Fsp3) is 0.273. The number of hydrogen-bond acceptors (Lipinski definition) is 5. The Morgan fingerprint density at radius 3 is 2.78 bits per heavy atom. The van der Waals surface area contributed by atoms with E-state index in [0.29, 0.717) is 12.3 Å². The van der Waals surface area contributed by atoms with Crippen LogP contribution in [0.4, 0.5) is 5.69 Å². The Morgan fingerprint density at radius 2 is 2.17 bits per heavy atom. The highest BCUT2D eigenvalue weighted by Crippen LogP contribution is 2.15. The number of tetrazole rings is 1. The number of anilines is 1. The zero-order chi connectivity index (χ0) is 12.8. The smallest absolute Gasteiger partial charge is 0.246 e. The molecule has 0 aliphatic rings. The highest BCUT2D eigenvalue weighted by molar-refractivity contribution is 5.90. The van der Waals surface area contributed by atoms with Gasteiger partial charge in [0.15, 0.2) is 0 Å². The van der Waals surface area contributed by atoms with Gasteiger partial charge in [0, 0.05) is 5.69 Å². The summed E-state index contributed by atoms with van der Waals surface area (Å²) in [7, 11) is 0. The minimum absolute atomic E-state index is 0.0835. The van der Waals surface area contributed by atoms with Crippen LogP contribution in [0.1, 0.15) is 6.92 Å². The first-order valence-electron chi connectivity index (χ1n) is 5.51. The molecule has 18 heavy (non-hydrogen) atoms. The lowest BCUT2D eigenvalue weighted by atomic mass is 10.3. The maximum Gasteiger partial charge on any atom is 0.246 e. The summed E-state index contributed by atoms with van der Waals surface area (Å²) in [6.45, 7) is 2.62. The topological polar surface area (TPSA) is 81.9 Å². The number of nitrogens with one attached hydrogen (secondary N) is 1. The van der Waals surface area contributed by atoms with E-state index >= 15 is 0 Å². The summed E-state index contributed by atoms with van der Waals surface area (Å²) in [5, 5.41) is 13.3. The van der Waals surface area contributed by atoms with E-state index in [-0.39, 0.29) is 12.5 Å². The van der Waals surface area contributed by atoms with E-state index in [1.807, 2.05) is 6.92 Å². The van der Waals surface area contributed by atoms with Crippen molar-refractivity contribution in [1.29, 1.82) is 0 Å². The summed E-state index contributed by atoms with van der Waals surface area (Å²) in [6, 6.07) is 7.16.